The number of aliphatic hydroxyl groups is 1. The Morgan fingerprint density at radius 2 is 2.00 bits per heavy atom. The van der Waals surface area contributed by atoms with Crippen molar-refractivity contribution in [3.63, 3.8) is 0 Å². The molecule has 1 aromatic carbocycles. The van der Waals surface area contributed by atoms with Gasteiger partial charge in [-0.15, -0.1) is 21.5 Å². The van der Waals surface area contributed by atoms with Crippen LogP contribution in [0.3, 0.4) is 0 Å². The molecule has 1 N–H and O–H groups in total. The first-order valence-corrected chi connectivity index (χ1v) is 11.8. The molecule has 6 nitrogen and oxygen atoms in total. The van der Waals surface area contributed by atoms with E-state index in [1.807, 2.05) is 46.3 Å². The number of anilines is 1. The largest absolute Gasteiger partial charge is 0.390 e. The Bertz CT molecular complexity index is 913. The molecule has 0 radical (unpaired) electrons. The molecule has 1 atom stereocenters. The van der Waals surface area contributed by atoms with Crippen LogP contribution in [0.15, 0.2) is 46.9 Å². The lowest BCUT2D eigenvalue weighted by Gasteiger charge is -2.19. The van der Waals surface area contributed by atoms with Crippen LogP contribution in [0.5, 0.6) is 0 Å². The summed E-state index contributed by atoms with van der Waals surface area (Å²) in [5, 5.41) is 22.6. The molecule has 29 heavy (non-hydrogen) atoms. The average Bonchev–Trinajstić information content (AvgIpc) is 3.48. The summed E-state index contributed by atoms with van der Waals surface area (Å²) < 4.78 is 7.62. The van der Waals surface area contributed by atoms with E-state index in [0.717, 1.165) is 47.6 Å². The van der Waals surface area contributed by atoms with Gasteiger partial charge in [-0.25, -0.2) is 0 Å². The number of hydrogen-bond donors (Lipinski definition) is 1. The minimum atomic E-state index is -0.591. The summed E-state index contributed by atoms with van der Waals surface area (Å²) in [6, 6.07) is 11.7. The van der Waals surface area contributed by atoms with E-state index in [1.165, 1.54) is 11.8 Å². The second-order valence-electron chi connectivity index (χ2n) is 6.82. The van der Waals surface area contributed by atoms with Gasteiger partial charge < -0.3 is 14.7 Å². The van der Waals surface area contributed by atoms with E-state index in [2.05, 4.69) is 15.1 Å². The van der Waals surface area contributed by atoms with Gasteiger partial charge in [0.1, 0.15) is 0 Å². The monoisotopic (exact) mass is 450 g/mol. The summed E-state index contributed by atoms with van der Waals surface area (Å²) in [5.74, 6) is 1.27. The number of aromatic nitrogens is 3. The Morgan fingerprint density at radius 1 is 1.17 bits per heavy atom. The van der Waals surface area contributed by atoms with Crippen molar-refractivity contribution < 1.29 is 9.84 Å². The van der Waals surface area contributed by atoms with E-state index in [-0.39, 0.29) is 6.61 Å². The molecule has 1 fully saturated rings. The molecule has 0 spiro atoms. The third-order valence-electron chi connectivity index (χ3n) is 4.64. The van der Waals surface area contributed by atoms with Gasteiger partial charge in [-0.3, -0.25) is 4.57 Å². The summed E-state index contributed by atoms with van der Waals surface area (Å²) in [6.07, 6.45) is 1.71. The van der Waals surface area contributed by atoms with E-state index >= 15 is 0 Å². The molecule has 1 aliphatic heterocycles. The zero-order valence-corrected chi connectivity index (χ0v) is 18.3. The first-order chi connectivity index (χ1) is 14.2. The van der Waals surface area contributed by atoms with E-state index in [1.54, 1.807) is 11.3 Å². The SMILES string of the molecule is O[C@@H](COCc1cccs1)CSc1nnc(N2CCCC2)n1-c1ccccc1Cl. The number of rotatable bonds is 9. The summed E-state index contributed by atoms with van der Waals surface area (Å²) in [4.78, 5) is 3.39. The van der Waals surface area contributed by atoms with Gasteiger partial charge >= 0.3 is 0 Å². The van der Waals surface area contributed by atoms with Crippen molar-refractivity contribution in [2.45, 2.75) is 30.7 Å². The number of hydrogen-bond acceptors (Lipinski definition) is 7. The van der Waals surface area contributed by atoms with Crippen LogP contribution in [0.2, 0.25) is 5.02 Å². The van der Waals surface area contributed by atoms with Gasteiger partial charge in [0, 0.05) is 23.7 Å². The van der Waals surface area contributed by atoms with Gasteiger partial charge in [0.15, 0.2) is 5.16 Å². The van der Waals surface area contributed by atoms with Crippen LogP contribution in [-0.4, -0.2) is 51.4 Å². The lowest BCUT2D eigenvalue weighted by Crippen LogP contribution is -2.22. The average molecular weight is 451 g/mol. The fourth-order valence-corrected chi connectivity index (χ4v) is 4.94. The Balaban J connectivity index is 1.44. The highest BCUT2D eigenvalue weighted by Gasteiger charge is 2.24. The molecular formula is C20H23ClN4O2S2. The van der Waals surface area contributed by atoms with Gasteiger partial charge in [0.05, 0.1) is 30.0 Å². The second kappa shape index (κ2) is 9.95. The number of aliphatic hydroxyl groups excluding tert-OH is 1. The molecular weight excluding hydrogens is 428 g/mol. The van der Waals surface area contributed by atoms with E-state index in [9.17, 15) is 5.11 Å². The van der Waals surface area contributed by atoms with Crippen molar-refractivity contribution in [2.24, 2.45) is 0 Å². The molecule has 0 aliphatic carbocycles. The van der Waals surface area contributed by atoms with Gasteiger partial charge in [0.2, 0.25) is 5.95 Å². The first kappa shape index (κ1) is 20.7. The van der Waals surface area contributed by atoms with Crippen molar-refractivity contribution in [1.82, 2.24) is 14.8 Å². The van der Waals surface area contributed by atoms with E-state index in [4.69, 9.17) is 16.3 Å². The molecule has 3 aromatic rings. The van der Waals surface area contributed by atoms with Crippen LogP contribution in [0.25, 0.3) is 5.69 Å². The topological polar surface area (TPSA) is 63.4 Å². The maximum Gasteiger partial charge on any atom is 0.232 e. The fourth-order valence-electron chi connectivity index (χ4n) is 3.23. The summed E-state index contributed by atoms with van der Waals surface area (Å²) in [6.45, 7) is 2.73. The fraction of sp³-hybridized carbons (Fsp3) is 0.400. The zero-order chi connectivity index (χ0) is 20.1. The van der Waals surface area contributed by atoms with Gasteiger partial charge in [-0.2, -0.15) is 0 Å². The lowest BCUT2D eigenvalue weighted by molar-refractivity contribution is 0.0409. The third-order valence-corrected chi connectivity index (χ3v) is 6.88. The molecule has 4 rings (SSSR count). The number of ether oxygens (including phenoxy) is 1. The highest BCUT2D eigenvalue weighted by Crippen LogP contribution is 2.32. The summed E-state index contributed by atoms with van der Waals surface area (Å²) in [7, 11) is 0. The van der Waals surface area contributed by atoms with Crippen LogP contribution in [-0.2, 0) is 11.3 Å². The van der Waals surface area contributed by atoms with Gasteiger partial charge in [-0.05, 0) is 36.4 Å². The number of benzene rings is 1. The molecule has 9 heteroatoms. The maximum absolute atomic E-state index is 10.3. The summed E-state index contributed by atoms with van der Waals surface area (Å²) >= 11 is 9.59. The minimum Gasteiger partial charge on any atom is -0.390 e. The number of halogens is 1. The molecule has 0 unspecified atom stereocenters. The van der Waals surface area contributed by atoms with Crippen LogP contribution in [0.1, 0.15) is 17.7 Å². The zero-order valence-electron chi connectivity index (χ0n) is 15.9. The quantitative estimate of drug-likeness (QED) is 0.491. The van der Waals surface area contributed by atoms with Gasteiger partial charge in [-0.1, -0.05) is 41.6 Å². The lowest BCUT2D eigenvalue weighted by atomic mass is 10.3. The van der Waals surface area contributed by atoms with Crippen molar-refractivity contribution in [3.05, 3.63) is 51.7 Å². The normalized spacial score (nSPS) is 15.2. The predicted octanol–water partition coefficient (Wildman–Crippen LogP) is 4.25. The molecule has 3 heterocycles. The standard InChI is InChI=1S/C20H23ClN4O2S2/c21-17-7-1-2-8-18(17)25-19(24-9-3-4-10-24)22-23-20(25)29-14-15(26)12-27-13-16-6-5-11-28-16/h1-2,5-8,11,15,26H,3-4,9-10,12-14H2/t15-/m0/s1. The molecule has 2 aromatic heterocycles. The molecule has 0 bridgehead atoms. The Kier molecular flexibility index (Phi) is 7.10. The number of para-hydroxylation sites is 1. The molecule has 1 aliphatic rings. The first-order valence-electron chi connectivity index (χ1n) is 9.58. The van der Waals surface area contributed by atoms with Crippen molar-refractivity contribution in [1.29, 1.82) is 0 Å². The Labute approximate surface area is 183 Å². The Morgan fingerprint density at radius 3 is 2.76 bits per heavy atom. The molecule has 154 valence electrons. The van der Waals surface area contributed by atoms with E-state index < -0.39 is 6.10 Å². The number of thioether (sulfide) groups is 1. The van der Waals surface area contributed by atoms with Crippen LogP contribution < -0.4 is 4.90 Å². The smallest absolute Gasteiger partial charge is 0.232 e. The predicted molar refractivity (Wildman–Crippen MR) is 119 cm³/mol. The highest BCUT2D eigenvalue weighted by atomic mass is 35.5. The van der Waals surface area contributed by atoms with Crippen molar-refractivity contribution in [3.8, 4) is 5.69 Å². The molecule has 0 amide bonds. The minimum absolute atomic E-state index is 0.282. The van der Waals surface area contributed by atoms with Crippen LogP contribution in [0, 0.1) is 0 Å². The summed E-state index contributed by atoms with van der Waals surface area (Å²) in [5.41, 5.74) is 0.854. The molecule has 1 saturated heterocycles. The second-order valence-corrected chi connectivity index (χ2v) is 9.25. The van der Waals surface area contributed by atoms with Crippen LogP contribution in [0.4, 0.5) is 5.95 Å². The van der Waals surface area contributed by atoms with Gasteiger partial charge in [0.25, 0.3) is 0 Å². The van der Waals surface area contributed by atoms with Crippen molar-refractivity contribution >= 4 is 40.6 Å². The number of thiophene rings is 1. The third kappa shape index (κ3) is 5.13. The Hall–Kier alpha value is -1.58. The highest BCUT2D eigenvalue weighted by molar-refractivity contribution is 7.99. The van der Waals surface area contributed by atoms with E-state index in [0.29, 0.717) is 17.4 Å². The van der Waals surface area contributed by atoms with Crippen LogP contribution >= 0.6 is 34.7 Å². The maximum atomic E-state index is 10.3. The van der Waals surface area contributed by atoms with Crippen molar-refractivity contribution in [2.75, 3.05) is 30.3 Å². The molecule has 0 saturated carbocycles. The number of nitrogens with zero attached hydrogens (tertiary/aromatic N) is 4.